The van der Waals surface area contributed by atoms with Crippen LogP contribution in [0.2, 0.25) is 0 Å². The Kier molecular flexibility index (Phi) is 4.71. The van der Waals surface area contributed by atoms with Crippen LogP contribution in [0.15, 0.2) is 41.2 Å². The molecule has 0 saturated carbocycles. The van der Waals surface area contributed by atoms with Gasteiger partial charge in [-0.2, -0.15) is 0 Å². The topological polar surface area (TPSA) is 87.5 Å². The molecule has 0 fully saturated rings. The van der Waals surface area contributed by atoms with Crippen molar-refractivity contribution in [3.63, 3.8) is 0 Å². The number of hydrogen-bond acceptors (Lipinski definition) is 6. The lowest BCUT2D eigenvalue weighted by Gasteiger charge is -2.36. The number of pyridine rings is 2. The summed E-state index contributed by atoms with van der Waals surface area (Å²) in [6.07, 6.45) is 0.299. The predicted molar refractivity (Wildman–Crippen MR) is 122 cm³/mol. The molecule has 0 radical (unpaired) electrons. The lowest BCUT2D eigenvalue weighted by Crippen LogP contribution is -2.47. The van der Waals surface area contributed by atoms with Gasteiger partial charge in [0.2, 0.25) is 5.60 Å². The molecule has 7 heteroatoms. The molecule has 0 N–H and O–H groups in total. The summed E-state index contributed by atoms with van der Waals surface area (Å²) in [5.41, 5.74) is 1.64. The summed E-state index contributed by atoms with van der Waals surface area (Å²) in [6, 6.07) is 11.6. The zero-order valence-electron chi connectivity index (χ0n) is 19.2. The maximum absolute atomic E-state index is 13.5. The Balaban J connectivity index is 1.69. The van der Waals surface area contributed by atoms with Crippen LogP contribution < -0.4 is 5.56 Å². The minimum atomic E-state index is -1.65. The zero-order chi connectivity index (χ0) is 23.5. The Labute approximate surface area is 191 Å². The minimum absolute atomic E-state index is 0.137. The number of benzene rings is 1. The van der Waals surface area contributed by atoms with Gasteiger partial charge in [-0.1, -0.05) is 45.9 Å². The number of cyclic esters (lactones) is 1. The molecule has 0 spiro atoms. The molecule has 2 aliphatic heterocycles. The highest BCUT2D eigenvalue weighted by molar-refractivity contribution is 5.88. The Bertz CT molecular complexity index is 1380. The molecule has 4 heterocycles. The van der Waals surface area contributed by atoms with Gasteiger partial charge in [-0.15, -0.1) is 0 Å². The first kappa shape index (κ1) is 21.4. The summed E-state index contributed by atoms with van der Waals surface area (Å²) in [4.78, 5) is 44.1. The maximum Gasteiger partial charge on any atom is 0.355 e. The number of nitrogens with zero attached hydrogens (tertiary/aromatic N) is 2. The van der Waals surface area contributed by atoms with E-state index in [0.29, 0.717) is 29.1 Å². The highest BCUT2D eigenvalue weighted by Gasteiger charge is 2.50. The van der Waals surface area contributed by atoms with E-state index in [1.54, 1.807) is 17.6 Å². The standard InChI is InChI=1S/C26H26N2O5/c1-5-26(33-21(29)12-25(2,3)4)18-11-20-22-16(10-15-8-6-7-9-19(15)27-22)13-28(20)23(30)17(18)14-32-24(26)31/h6-11H,5,12-14H2,1-4H3/t26-/m0/s1. The fourth-order valence-corrected chi connectivity index (χ4v) is 4.75. The van der Waals surface area contributed by atoms with Gasteiger partial charge in [0, 0.05) is 16.5 Å². The molecular weight excluding hydrogens is 420 g/mol. The summed E-state index contributed by atoms with van der Waals surface area (Å²) in [5.74, 6) is -1.15. The number of para-hydroxylation sites is 1. The Morgan fingerprint density at radius 1 is 1.21 bits per heavy atom. The van der Waals surface area contributed by atoms with Crippen LogP contribution >= 0.6 is 0 Å². The van der Waals surface area contributed by atoms with E-state index in [2.05, 4.69) is 0 Å². The van der Waals surface area contributed by atoms with Gasteiger partial charge in [0.25, 0.3) is 5.56 Å². The molecule has 7 nitrogen and oxygen atoms in total. The van der Waals surface area contributed by atoms with Crippen molar-refractivity contribution in [1.82, 2.24) is 9.55 Å². The summed E-state index contributed by atoms with van der Waals surface area (Å²) < 4.78 is 12.9. The largest absolute Gasteiger partial charge is 0.457 e. The SMILES string of the molecule is CC[C@@]1(OC(=O)CC(C)(C)C)C(=O)OCc2c1cc1n(c2=O)Cc2cc3ccccc3nc2-1. The van der Waals surface area contributed by atoms with Crippen molar-refractivity contribution in [3.05, 3.63) is 63.4 Å². The average molecular weight is 447 g/mol. The number of fused-ring (bicyclic) bond motifs is 5. The first-order valence-electron chi connectivity index (χ1n) is 11.2. The molecule has 5 rings (SSSR count). The maximum atomic E-state index is 13.5. The fraction of sp³-hybridized carbons (Fsp3) is 0.385. The van der Waals surface area contributed by atoms with Crippen LogP contribution in [0.3, 0.4) is 0 Å². The minimum Gasteiger partial charge on any atom is -0.457 e. The van der Waals surface area contributed by atoms with Crippen molar-refractivity contribution in [2.24, 2.45) is 5.41 Å². The molecule has 0 unspecified atom stereocenters. The number of hydrogen-bond donors (Lipinski definition) is 0. The molecule has 33 heavy (non-hydrogen) atoms. The van der Waals surface area contributed by atoms with Gasteiger partial charge in [-0.25, -0.2) is 9.78 Å². The second-order valence-corrected chi connectivity index (χ2v) is 9.97. The average Bonchev–Trinajstić information content (AvgIpc) is 3.11. The zero-order valence-corrected chi connectivity index (χ0v) is 19.2. The number of esters is 2. The van der Waals surface area contributed by atoms with E-state index >= 15 is 0 Å². The monoisotopic (exact) mass is 446 g/mol. The van der Waals surface area contributed by atoms with E-state index in [1.165, 1.54) is 0 Å². The second kappa shape index (κ2) is 7.27. The molecule has 0 saturated heterocycles. The third-order valence-electron chi connectivity index (χ3n) is 6.35. The number of rotatable bonds is 3. The molecule has 0 aliphatic carbocycles. The van der Waals surface area contributed by atoms with E-state index in [0.717, 1.165) is 16.5 Å². The molecule has 0 amide bonds. The van der Waals surface area contributed by atoms with Crippen molar-refractivity contribution in [1.29, 1.82) is 0 Å². The molecule has 1 atom stereocenters. The Hall–Kier alpha value is -3.48. The van der Waals surface area contributed by atoms with Gasteiger partial charge in [-0.3, -0.25) is 9.59 Å². The number of carbonyl (C=O) groups excluding carboxylic acids is 2. The van der Waals surface area contributed by atoms with Crippen molar-refractivity contribution in [3.8, 4) is 11.4 Å². The van der Waals surface area contributed by atoms with E-state index < -0.39 is 17.5 Å². The molecule has 2 aromatic heterocycles. The second-order valence-electron chi connectivity index (χ2n) is 9.97. The van der Waals surface area contributed by atoms with Crippen LogP contribution in [-0.4, -0.2) is 21.5 Å². The highest BCUT2D eigenvalue weighted by atomic mass is 16.6. The van der Waals surface area contributed by atoms with Crippen LogP contribution in [0.5, 0.6) is 0 Å². The summed E-state index contributed by atoms with van der Waals surface area (Å²) in [5, 5.41) is 0.999. The Morgan fingerprint density at radius 2 is 1.97 bits per heavy atom. The smallest absolute Gasteiger partial charge is 0.355 e. The normalized spacial score (nSPS) is 19.0. The van der Waals surface area contributed by atoms with Crippen LogP contribution in [0.25, 0.3) is 22.3 Å². The lowest BCUT2D eigenvalue weighted by molar-refractivity contribution is -0.190. The van der Waals surface area contributed by atoms with Crippen LogP contribution in [-0.2, 0) is 37.8 Å². The van der Waals surface area contributed by atoms with Crippen LogP contribution in [0.4, 0.5) is 0 Å². The lowest BCUT2D eigenvalue weighted by atomic mass is 9.85. The number of ether oxygens (including phenoxy) is 2. The fourth-order valence-electron chi connectivity index (χ4n) is 4.75. The van der Waals surface area contributed by atoms with Gasteiger partial charge in [0.15, 0.2) is 0 Å². The van der Waals surface area contributed by atoms with E-state index in [1.807, 2.05) is 51.1 Å². The molecular formula is C26H26N2O5. The van der Waals surface area contributed by atoms with Gasteiger partial charge in [0.05, 0.1) is 35.4 Å². The van der Waals surface area contributed by atoms with E-state index in [9.17, 15) is 14.4 Å². The molecule has 3 aromatic rings. The molecule has 170 valence electrons. The van der Waals surface area contributed by atoms with Gasteiger partial charge in [-0.05, 0) is 30.0 Å². The third kappa shape index (κ3) is 3.34. The van der Waals surface area contributed by atoms with Crippen molar-refractivity contribution in [2.45, 2.75) is 59.3 Å². The molecule has 1 aromatic carbocycles. The van der Waals surface area contributed by atoms with E-state index in [-0.39, 0.29) is 30.4 Å². The predicted octanol–water partition coefficient (Wildman–Crippen LogP) is 4.07. The van der Waals surface area contributed by atoms with Crippen LogP contribution in [0, 0.1) is 5.41 Å². The molecule has 0 bridgehead atoms. The van der Waals surface area contributed by atoms with Crippen molar-refractivity contribution >= 4 is 22.8 Å². The quantitative estimate of drug-likeness (QED) is 0.441. The van der Waals surface area contributed by atoms with Crippen molar-refractivity contribution in [2.75, 3.05) is 0 Å². The van der Waals surface area contributed by atoms with Gasteiger partial charge < -0.3 is 14.0 Å². The Morgan fingerprint density at radius 3 is 2.70 bits per heavy atom. The molecule has 2 aliphatic rings. The van der Waals surface area contributed by atoms with Crippen molar-refractivity contribution < 1.29 is 19.1 Å². The number of carbonyl (C=O) groups is 2. The van der Waals surface area contributed by atoms with Gasteiger partial charge in [0.1, 0.15) is 6.61 Å². The first-order valence-corrected chi connectivity index (χ1v) is 11.2. The summed E-state index contributed by atoms with van der Waals surface area (Å²) in [7, 11) is 0. The van der Waals surface area contributed by atoms with Gasteiger partial charge >= 0.3 is 11.9 Å². The van der Waals surface area contributed by atoms with Crippen LogP contribution in [0.1, 0.15) is 57.2 Å². The first-order chi connectivity index (χ1) is 15.6. The number of aromatic nitrogens is 2. The van der Waals surface area contributed by atoms with E-state index in [4.69, 9.17) is 14.5 Å². The third-order valence-corrected chi connectivity index (χ3v) is 6.35. The highest BCUT2D eigenvalue weighted by Crippen LogP contribution is 2.41. The summed E-state index contributed by atoms with van der Waals surface area (Å²) >= 11 is 0. The summed E-state index contributed by atoms with van der Waals surface area (Å²) in [6.45, 7) is 7.78.